The summed E-state index contributed by atoms with van der Waals surface area (Å²) in [6, 6.07) is 24.1. The van der Waals surface area contributed by atoms with Crippen molar-refractivity contribution in [2.24, 2.45) is 0 Å². The summed E-state index contributed by atoms with van der Waals surface area (Å²) in [5.41, 5.74) is 1.99. The number of hydrogen-bond acceptors (Lipinski definition) is 4. The van der Waals surface area contributed by atoms with Crippen molar-refractivity contribution in [2.75, 3.05) is 7.05 Å². The minimum atomic E-state index is 0.0487. The molecule has 0 radical (unpaired) electrons. The van der Waals surface area contributed by atoms with Crippen LogP contribution in [0.5, 0.6) is 0 Å². The molecule has 1 amide bonds. The van der Waals surface area contributed by atoms with Gasteiger partial charge in [0.15, 0.2) is 0 Å². The number of amides is 1. The predicted molar refractivity (Wildman–Crippen MR) is 108 cm³/mol. The van der Waals surface area contributed by atoms with Gasteiger partial charge in [-0.1, -0.05) is 54.6 Å². The predicted octanol–water partition coefficient (Wildman–Crippen LogP) is 4.48. The van der Waals surface area contributed by atoms with Gasteiger partial charge >= 0.3 is 0 Å². The van der Waals surface area contributed by atoms with Crippen molar-refractivity contribution in [1.29, 1.82) is 0 Å². The topological polar surface area (TPSA) is 59.2 Å². The van der Waals surface area contributed by atoms with E-state index in [1.54, 1.807) is 4.90 Å². The summed E-state index contributed by atoms with van der Waals surface area (Å²) < 4.78 is 5.67. The monoisotopic (exact) mass is 371 g/mol. The molecule has 4 rings (SSSR count). The van der Waals surface area contributed by atoms with Crippen molar-refractivity contribution in [1.82, 2.24) is 15.1 Å². The number of hydrogen-bond donors (Lipinski definition) is 0. The highest BCUT2D eigenvalue weighted by molar-refractivity contribution is 5.83. The second-order valence-corrected chi connectivity index (χ2v) is 6.80. The average molecular weight is 371 g/mol. The Bertz CT molecular complexity index is 1090. The van der Waals surface area contributed by atoms with Crippen LogP contribution < -0.4 is 0 Å². The molecule has 0 unspecified atom stereocenters. The molecule has 1 aromatic heterocycles. The van der Waals surface area contributed by atoms with Gasteiger partial charge in [-0.3, -0.25) is 4.79 Å². The molecule has 0 fully saturated rings. The number of benzene rings is 3. The molecule has 4 aromatic rings. The second-order valence-electron chi connectivity index (χ2n) is 6.80. The maximum absolute atomic E-state index is 12.5. The number of aryl methyl sites for hydroxylation is 1. The molecule has 0 bridgehead atoms. The molecule has 0 N–H and O–H groups in total. The van der Waals surface area contributed by atoms with E-state index in [1.165, 1.54) is 10.8 Å². The Morgan fingerprint density at radius 3 is 2.50 bits per heavy atom. The largest absolute Gasteiger partial charge is 0.421 e. The highest BCUT2D eigenvalue weighted by atomic mass is 16.4. The van der Waals surface area contributed by atoms with Gasteiger partial charge < -0.3 is 9.32 Å². The first kappa shape index (κ1) is 17.9. The zero-order valence-electron chi connectivity index (χ0n) is 15.7. The van der Waals surface area contributed by atoms with E-state index in [2.05, 4.69) is 40.5 Å². The van der Waals surface area contributed by atoms with Crippen molar-refractivity contribution in [3.05, 3.63) is 84.3 Å². The number of carbonyl (C=O) groups excluding carboxylic acids is 1. The molecule has 3 aromatic carbocycles. The van der Waals surface area contributed by atoms with E-state index in [-0.39, 0.29) is 5.91 Å². The Balaban J connectivity index is 1.35. The summed E-state index contributed by atoms with van der Waals surface area (Å²) in [5.74, 6) is 1.01. The first-order valence-electron chi connectivity index (χ1n) is 9.28. The fourth-order valence-electron chi connectivity index (χ4n) is 3.16. The van der Waals surface area contributed by atoms with E-state index in [0.717, 1.165) is 11.1 Å². The van der Waals surface area contributed by atoms with E-state index in [1.807, 2.05) is 49.5 Å². The van der Waals surface area contributed by atoms with Gasteiger partial charge in [-0.25, -0.2) is 0 Å². The molecule has 0 saturated heterocycles. The van der Waals surface area contributed by atoms with Crippen LogP contribution in [-0.4, -0.2) is 28.1 Å². The third kappa shape index (κ3) is 4.09. The lowest BCUT2D eigenvalue weighted by Gasteiger charge is -2.17. The van der Waals surface area contributed by atoms with Gasteiger partial charge in [-0.2, -0.15) is 0 Å². The zero-order valence-corrected chi connectivity index (χ0v) is 15.7. The lowest BCUT2D eigenvalue weighted by atomic mass is 10.1. The SMILES string of the molecule is CN(Cc1ccc2ccccc2c1)C(=O)CCc1nnc(-c2ccccc2)o1. The van der Waals surface area contributed by atoms with Crippen LogP contribution in [0.4, 0.5) is 0 Å². The van der Waals surface area contributed by atoms with Crippen molar-refractivity contribution >= 4 is 16.7 Å². The standard InChI is InChI=1S/C23H21N3O2/c1-26(16-17-11-12-18-7-5-6-10-20(18)15-17)22(27)14-13-21-24-25-23(28-21)19-8-3-2-4-9-19/h2-12,15H,13-14,16H2,1H3. The first-order chi connectivity index (χ1) is 13.7. The number of aromatic nitrogens is 2. The number of fused-ring (bicyclic) bond motifs is 1. The van der Waals surface area contributed by atoms with Crippen LogP contribution in [0.25, 0.3) is 22.2 Å². The van der Waals surface area contributed by atoms with Gasteiger partial charge in [0.1, 0.15) is 0 Å². The van der Waals surface area contributed by atoms with Gasteiger partial charge in [0.25, 0.3) is 0 Å². The Kier molecular flexibility index (Phi) is 5.15. The number of nitrogens with zero attached hydrogens (tertiary/aromatic N) is 3. The maximum atomic E-state index is 12.5. The summed E-state index contributed by atoms with van der Waals surface area (Å²) >= 11 is 0. The molecular weight excluding hydrogens is 350 g/mol. The van der Waals surface area contributed by atoms with Crippen LogP contribution in [-0.2, 0) is 17.8 Å². The Morgan fingerprint density at radius 2 is 1.68 bits per heavy atom. The molecule has 28 heavy (non-hydrogen) atoms. The lowest BCUT2D eigenvalue weighted by molar-refractivity contribution is -0.130. The minimum Gasteiger partial charge on any atom is -0.421 e. The molecule has 0 atom stereocenters. The zero-order chi connectivity index (χ0) is 19.3. The molecule has 1 heterocycles. The van der Waals surface area contributed by atoms with E-state index in [4.69, 9.17) is 4.42 Å². The van der Waals surface area contributed by atoms with Crippen LogP contribution in [0.15, 0.2) is 77.2 Å². The van der Waals surface area contributed by atoms with E-state index >= 15 is 0 Å². The van der Waals surface area contributed by atoms with E-state index in [9.17, 15) is 4.79 Å². The number of carbonyl (C=O) groups is 1. The summed E-state index contributed by atoms with van der Waals surface area (Å²) in [7, 11) is 1.82. The molecule has 0 aliphatic carbocycles. The van der Waals surface area contributed by atoms with Crippen LogP contribution in [0, 0.1) is 0 Å². The molecule has 0 aliphatic heterocycles. The van der Waals surface area contributed by atoms with Crippen LogP contribution >= 0.6 is 0 Å². The Labute approximate surface area is 163 Å². The van der Waals surface area contributed by atoms with Gasteiger partial charge in [0, 0.05) is 32.0 Å². The highest BCUT2D eigenvalue weighted by Crippen LogP contribution is 2.19. The fraction of sp³-hybridized carbons (Fsp3) is 0.174. The molecular formula is C23H21N3O2. The summed E-state index contributed by atoms with van der Waals surface area (Å²) in [6.45, 7) is 0.572. The smallest absolute Gasteiger partial charge is 0.247 e. The summed E-state index contributed by atoms with van der Waals surface area (Å²) in [4.78, 5) is 14.2. The summed E-state index contributed by atoms with van der Waals surface area (Å²) in [6.07, 6.45) is 0.765. The van der Waals surface area contributed by atoms with Crippen LogP contribution in [0.2, 0.25) is 0 Å². The van der Waals surface area contributed by atoms with E-state index in [0.29, 0.717) is 31.2 Å². The Morgan fingerprint density at radius 1 is 0.929 bits per heavy atom. The first-order valence-corrected chi connectivity index (χ1v) is 9.28. The van der Waals surface area contributed by atoms with E-state index < -0.39 is 0 Å². The van der Waals surface area contributed by atoms with Gasteiger partial charge in [-0.05, 0) is 34.5 Å². The third-order valence-electron chi connectivity index (χ3n) is 4.70. The summed E-state index contributed by atoms with van der Waals surface area (Å²) in [5, 5.41) is 10.5. The lowest BCUT2D eigenvalue weighted by Crippen LogP contribution is -2.26. The van der Waals surface area contributed by atoms with Crippen LogP contribution in [0.1, 0.15) is 17.9 Å². The molecule has 140 valence electrons. The van der Waals surface area contributed by atoms with Crippen molar-refractivity contribution in [3.63, 3.8) is 0 Å². The van der Waals surface area contributed by atoms with Crippen molar-refractivity contribution < 1.29 is 9.21 Å². The third-order valence-corrected chi connectivity index (χ3v) is 4.70. The van der Waals surface area contributed by atoms with Crippen molar-refractivity contribution in [3.8, 4) is 11.5 Å². The van der Waals surface area contributed by atoms with Gasteiger partial charge in [0.2, 0.25) is 17.7 Å². The normalized spacial score (nSPS) is 10.9. The van der Waals surface area contributed by atoms with Gasteiger partial charge in [-0.15, -0.1) is 10.2 Å². The molecule has 5 heteroatoms. The second kappa shape index (κ2) is 8.05. The van der Waals surface area contributed by atoms with Crippen molar-refractivity contribution in [2.45, 2.75) is 19.4 Å². The fourth-order valence-corrected chi connectivity index (χ4v) is 3.16. The minimum absolute atomic E-state index is 0.0487. The maximum Gasteiger partial charge on any atom is 0.247 e. The van der Waals surface area contributed by atoms with Crippen LogP contribution in [0.3, 0.4) is 0 Å². The molecule has 5 nitrogen and oxygen atoms in total. The number of rotatable bonds is 6. The highest BCUT2D eigenvalue weighted by Gasteiger charge is 2.13. The Hall–Kier alpha value is -3.47. The average Bonchev–Trinajstić information content (AvgIpc) is 3.21. The van der Waals surface area contributed by atoms with Gasteiger partial charge in [0.05, 0.1) is 0 Å². The molecule has 0 spiro atoms. The quantitative estimate of drug-likeness (QED) is 0.501. The molecule has 0 aliphatic rings. The molecule has 0 saturated carbocycles.